The van der Waals surface area contributed by atoms with E-state index >= 15 is 0 Å². The van der Waals surface area contributed by atoms with Crippen molar-refractivity contribution in [1.82, 2.24) is 4.90 Å². The van der Waals surface area contributed by atoms with Crippen molar-refractivity contribution in [3.05, 3.63) is 29.8 Å². The average molecular weight is 283 g/mol. The van der Waals surface area contributed by atoms with Gasteiger partial charge in [0.1, 0.15) is 0 Å². The summed E-state index contributed by atoms with van der Waals surface area (Å²) in [6.45, 7) is 3.61. The Balaban J connectivity index is 1.61. The molecular weight excluding hydrogens is 262 g/mol. The van der Waals surface area contributed by atoms with E-state index in [-0.39, 0.29) is 5.92 Å². The van der Waals surface area contributed by atoms with Crippen molar-refractivity contribution in [2.45, 2.75) is 25.7 Å². The Kier molecular flexibility index (Phi) is 4.10. The zero-order chi connectivity index (χ0) is 14.7. The Morgan fingerprint density at radius 3 is 2.48 bits per heavy atom. The first-order valence-corrected chi connectivity index (χ1v) is 7.82. The molecule has 1 atom stereocenters. The fourth-order valence-corrected chi connectivity index (χ4v) is 3.32. The lowest BCUT2D eigenvalue weighted by Gasteiger charge is -2.29. The highest BCUT2D eigenvalue weighted by atomic mass is 16.2. The maximum Gasteiger partial charge on any atom is 0.227 e. The van der Waals surface area contributed by atoms with Gasteiger partial charge in [0.05, 0.1) is 17.6 Å². The minimum absolute atomic E-state index is 0.138. The zero-order valence-electron chi connectivity index (χ0n) is 12.3. The third-order valence-corrected chi connectivity index (χ3v) is 4.57. The van der Waals surface area contributed by atoms with Crippen molar-refractivity contribution in [1.29, 1.82) is 5.26 Å². The van der Waals surface area contributed by atoms with Crippen LogP contribution < -0.4 is 4.90 Å². The Morgan fingerprint density at radius 2 is 1.81 bits per heavy atom. The monoisotopic (exact) mass is 283 g/mol. The molecule has 1 amide bonds. The molecule has 4 heteroatoms. The second kappa shape index (κ2) is 6.17. The van der Waals surface area contributed by atoms with Crippen LogP contribution in [0.4, 0.5) is 5.69 Å². The van der Waals surface area contributed by atoms with E-state index in [1.807, 2.05) is 24.3 Å². The molecule has 1 aromatic rings. The second-order valence-corrected chi connectivity index (χ2v) is 5.98. The van der Waals surface area contributed by atoms with E-state index in [4.69, 9.17) is 5.26 Å². The number of hydrogen-bond donors (Lipinski definition) is 0. The predicted octanol–water partition coefficient (Wildman–Crippen LogP) is 2.40. The first kappa shape index (κ1) is 13.9. The number of benzene rings is 1. The number of likely N-dealkylation sites (tertiary alicyclic amines) is 1. The topological polar surface area (TPSA) is 47.3 Å². The number of anilines is 1. The Labute approximate surface area is 126 Å². The van der Waals surface area contributed by atoms with Gasteiger partial charge in [-0.05, 0) is 49.9 Å². The van der Waals surface area contributed by atoms with Crippen molar-refractivity contribution < 1.29 is 4.79 Å². The lowest BCUT2D eigenvalue weighted by atomic mass is 10.0. The van der Waals surface area contributed by atoms with Crippen LogP contribution in [0, 0.1) is 17.2 Å². The molecule has 0 spiro atoms. The van der Waals surface area contributed by atoms with Crippen LogP contribution in [-0.2, 0) is 4.79 Å². The van der Waals surface area contributed by atoms with Gasteiger partial charge in [-0.25, -0.2) is 0 Å². The molecular formula is C17H21N3O. The van der Waals surface area contributed by atoms with Gasteiger partial charge in [0.2, 0.25) is 5.91 Å². The summed E-state index contributed by atoms with van der Waals surface area (Å²) in [4.78, 5) is 16.8. The molecule has 0 radical (unpaired) electrons. The quantitative estimate of drug-likeness (QED) is 0.837. The molecule has 0 aliphatic carbocycles. The summed E-state index contributed by atoms with van der Waals surface area (Å²) in [5.74, 6) is 0.476. The zero-order valence-corrected chi connectivity index (χ0v) is 12.3. The number of piperidine rings is 1. The van der Waals surface area contributed by atoms with Gasteiger partial charge in [0.25, 0.3) is 0 Å². The van der Waals surface area contributed by atoms with Gasteiger partial charge in [0, 0.05) is 31.9 Å². The molecule has 2 fully saturated rings. The lowest BCUT2D eigenvalue weighted by molar-refractivity contribution is -0.135. The number of nitriles is 1. The maximum atomic E-state index is 12.5. The van der Waals surface area contributed by atoms with Gasteiger partial charge in [-0.1, -0.05) is 0 Å². The van der Waals surface area contributed by atoms with E-state index in [0.29, 0.717) is 11.5 Å². The normalized spacial score (nSPS) is 22.1. The molecule has 1 aromatic carbocycles. The van der Waals surface area contributed by atoms with Crippen LogP contribution in [0.1, 0.15) is 31.2 Å². The van der Waals surface area contributed by atoms with E-state index in [2.05, 4.69) is 15.9 Å². The summed E-state index contributed by atoms with van der Waals surface area (Å²) in [6.07, 6.45) is 4.50. The van der Waals surface area contributed by atoms with Gasteiger partial charge in [0.15, 0.2) is 0 Å². The molecule has 2 aliphatic heterocycles. The molecule has 3 rings (SSSR count). The van der Waals surface area contributed by atoms with Crippen molar-refractivity contribution in [3.8, 4) is 6.07 Å². The van der Waals surface area contributed by atoms with Gasteiger partial charge in [-0.3, -0.25) is 4.79 Å². The van der Waals surface area contributed by atoms with Crippen LogP contribution in [0.3, 0.4) is 0 Å². The summed E-state index contributed by atoms with van der Waals surface area (Å²) < 4.78 is 0. The molecule has 2 aliphatic rings. The highest BCUT2D eigenvalue weighted by Gasteiger charge is 2.31. The van der Waals surface area contributed by atoms with E-state index in [1.54, 1.807) is 0 Å². The second-order valence-electron chi connectivity index (χ2n) is 5.98. The van der Waals surface area contributed by atoms with E-state index in [9.17, 15) is 4.79 Å². The molecule has 4 nitrogen and oxygen atoms in total. The van der Waals surface area contributed by atoms with Crippen molar-refractivity contribution in [3.63, 3.8) is 0 Å². The van der Waals surface area contributed by atoms with E-state index in [0.717, 1.165) is 51.1 Å². The summed E-state index contributed by atoms with van der Waals surface area (Å²) >= 11 is 0. The Hall–Kier alpha value is -2.02. The molecule has 1 unspecified atom stereocenters. The summed E-state index contributed by atoms with van der Waals surface area (Å²) in [6, 6.07) is 9.78. The van der Waals surface area contributed by atoms with Gasteiger partial charge < -0.3 is 9.80 Å². The fourth-order valence-electron chi connectivity index (χ4n) is 3.32. The molecule has 0 aromatic heterocycles. The van der Waals surface area contributed by atoms with Crippen LogP contribution in [-0.4, -0.2) is 37.0 Å². The molecule has 0 N–H and O–H groups in total. The molecule has 0 bridgehead atoms. The fraction of sp³-hybridized carbons (Fsp3) is 0.529. The van der Waals surface area contributed by atoms with Gasteiger partial charge in [-0.15, -0.1) is 0 Å². The minimum atomic E-state index is 0.138. The maximum absolute atomic E-state index is 12.5. The van der Waals surface area contributed by atoms with Crippen LogP contribution in [0.2, 0.25) is 0 Å². The van der Waals surface area contributed by atoms with Gasteiger partial charge in [-0.2, -0.15) is 5.26 Å². The number of hydrogen-bond acceptors (Lipinski definition) is 3. The Morgan fingerprint density at radius 1 is 1.10 bits per heavy atom. The third-order valence-electron chi connectivity index (χ3n) is 4.57. The standard InChI is InChI=1S/C17H21N3O/c18-12-14-4-6-16(7-5-14)20-11-8-15(13-20)17(21)19-9-2-1-3-10-19/h4-7,15H,1-3,8-11,13H2. The van der Waals surface area contributed by atoms with Crippen molar-refractivity contribution in [2.24, 2.45) is 5.92 Å². The summed E-state index contributed by atoms with van der Waals surface area (Å²) in [5, 5.41) is 8.84. The van der Waals surface area contributed by atoms with Crippen LogP contribution in [0.5, 0.6) is 0 Å². The number of carbonyl (C=O) groups excluding carboxylic acids is 1. The number of rotatable bonds is 2. The third kappa shape index (κ3) is 3.02. The van der Waals surface area contributed by atoms with Gasteiger partial charge >= 0.3 is 0 Å². The number of nitrogens with zero attached hydrogens (tertiary/aromatic N) is 3. The highest BCUT2D eigenvalue weighted by Crippen LogP contribution is 2.26. The molecule has 21 heavy (non-hydrogen) atoms. The molecule has 2 heterocycles. The molecule has 0 saturated carbocycles. The van der Waals surface area contributed by atoms with Crippen LogP contribution in [0.15, 0.2) is 24.3 Å². The first-order valence-electron chi connectivity index (χ1n) is 7.82. The summed E-state index contributed by atoms with van der Waals surface area (Å²) in [5.41, 5.74) is 1.79. The lowest BCUT2D eigenvalue weighted by Crippen LogP contribution is -2.40. The SMILES string of the molecule is N#Cc1ccc(N2CCC(C(=O)N3CCCCC3)C2)cc1. The van der Waals surface area contributed by atoms with Crippen LogP contribution in [0.25, 0.3) is 0 Å². The largest absolute Gasteiger partial charge is 0.371 e. The number of amides is 1. The predicted molar refractivity (Wildman–Crippen MR) is 81.9 cm³/mol. The average Bonchev–Trinajstić information content (AvgIpc) is 3.05. The van der Waals surface area contributed by atoms with Crippen LogP contribution >= 0.6 is 0 Å². The Bertz CT molecular complexity index is 540. The van der Waals surface area contributed by atoms with E-state index < -0.39 is 0 Å². The molecule has 2 saturated heterocycles. The minimum Gasteiger partial charge on any atom is -0.371 e. The van der Waals surface area contributed by atoms with Crippen molar-refractivity contribution in [2.75, 3.05) is 31.1 Å². The number of carbonyl (C=O) groups is 1. The smallest absolute Gasteiger partial charge is 0.227 e. The highest BCUT2D eigenvalue weighted by molar-refractivity contribution is 5.80. The first-order chi connectivity index (χ1) is 10.3. The summed E-state index contributed by atoms with van der Waals surface area (Å²) in [7, 11) is 0. The van der Waals surface area contributed by atoms with Crippen molar-refractivity contribution >= 4 is 11.6 Å². The van der Waals surface area contributed by atoms with E-state index in [1.165, 1.54) is 6.42 Å². The molecule has 110 valence electrons.